The highest BCUT2D eigenvalue weighted by Crippen LogP contribution is 2.22. The monoisotopic (exact) mass is 263 g/mol. The summed E-state index contributed by atoms with van der Waals surface area (Å²) in [5.74, 6) is 0. The fraction of sp³-hybridized carbons (Fsp3) is 0.500. The third kappa shape index (κ3) is 2.13. The lowest BCUT2D eigenvalue weighted by Gasteiger charge is -2.21. The maximum atomic E-state index is 6.15. The van der Waals surface area contributed by atoms with Gasteiger partial charge in [-0.2, -0.15) is 0 Å². The Balaban J connectivity index is 1.84. The van der Waals surface area contributed by atoms with Crippen LogP contribution in [0.15, 0.2) is 24.5 Å². The average molecular weight is 264 g/mol. The normalized spacial score (nSPS) is 20.9. The number of nitrogens with zero attached hydrogens (tertiary/aromatic N) is 3. The van der Waals surface area contributed by atoms with Gasteiger partial charge in [-0.1, -0.05) is 18.5 Å². The molecule has 1 unspecified atom stereocenters. The maximum Gasteiger partial charge on any atom is 0.155 e. The summed E-state index contributed by atoms with van der Waals surface area (Å²) in [5.41, 5.74) is 2.02. The van der Waals surface area contributed by atoms with Gasteiger partial charge in [0.1, 0.15) is 0 Å². The van der Waals surface area contributed by atoms with Gasteiger partial charge in [0, 0.05) is 24.9 Å². The summed E-state index contributed by atoms with van der Waals surface area (Å²) in [4.78, 5) is 7.20. The van der Waals surface area contributed by atoms with E-state index in [0.717, 1.165) is 29.3 Å². The van der Waals surface area contributed by atoms with Gasteiger partial charge in [-0.3, -0.25) is 0 Å². The number of pyridine rings is 1. The lowest BCUT2D eigenvalue weighted by Crippen LogP contribution is -2.30. The summed E-state index contributed by atoms with van der Waals surface area (Å²) in [7, 11) is 0. The lowest BCUT2D eigenvalue weighted by atomic mass is 10.1. The van der Waals surface area contributed by atoms with E-state index in [9.17, 15) is 0 Å². The Labute approximate surface area is 112 Å². The highest BCUT2D eigenvalue weighted by molar-refractivity contribution is 6.33. The SMILES string of the molecule is CCN1CCCC1Cc1cn2cccc(Cl)c2n1. The highest BCUT2D eigenvalue weighted by atomic mass is 35.5. The number of likely N-dealkylation sites (N-methyl/N-ethyl adjacent to an activating group) is 1. The van der Waals surface area contributed by atoms with Gasteiger partial charge >= 0.3 is 0 Å². The summed E-state index contributed by atoms with van der Waals surface area (Å²) >= 11 is 6.15. The van der Waals surface area contributed by atoms with Crippen LogP contribution in [0.5, 0.6) is 0 Å². The van der Waals surface area contributed by atoms with Crippen LogP contribution in [0.4, 0.5) is 0 Å². The molecular weight excluding hydrogens is 246 g/mol. The van der Waals surface area contributed by atoms with E-state index in [0.29, 0.717) is 6.04 Å². The average Bonchev–Trinajstić information content (AvgIpc) is 2.96. The van der Waals surface area contributed by atoms with E-state index in [1.807, 2.05) is 22.7 Å². The molecule has 0 aromatic carbocycles. The van der Waals surface area contributed by atoms with Crippen LogP contribution in [0.1, 0.15) is 25.5 Å². The minimum absolute atomic E-state index is 0.652. The summed E-state index contributed by atoms with van der Waals surface area (Å²) < 4.78 is 2.02. The van der Waals surface area contributed by atoms with Gasteiger partial charge in [0.2, 0.25) is 0 Å². The highest BCUT2D eigenvalue weighted by Gasteiger charge is 2.23. The van der Waals surface area contributed by atoms with E-state index in [4.69, 9.17) is 11.6 Å². The number of likely N-dealkylation sites (tertiary alicyclic amines) is 1. The van der Waals surface area contributed by atoms with Gasteiger partial charge in [-0.15, -0.1) is 0 Å². The Kier molecular flexibility index (Phi) is 3.27. The van der Waals surface area contributed by atoms with Crippen LogP contribution in [0.3, 0.4) is 0 Å². The molecule has 3 rings (SSSR count). The van der Waals surface area contributed by atoms with Gasteiger partial charge < -0.3 is 9.30 Å². The molecule has 0 saturated carbocycles. The number of hydrogen-bond donors (Lipinski definition) is 0. The molecule has 18 heavy (non-hydrogen) atoms. The first-order chi connectivity index (χ1) is 8.78. The Morgan fingerprint density at radius 1 is 1.50 bits per heavy atom. The van der Waals surface area contributed by atoms with E-state index in [1.165, 1.54) is 19.4 Å². The first kappa shape index (κ1) is 12.0. The zero-order valence-electron chi connectivity index (χ0n) is 10.6. The first-order valence-electron chi connectivity index (χ1n) is 6.64. The van der Waals surface area contributed by atoms with Crippen molar-refractivity contribution in [2.75, 3.05) is 13.1 Å². The Morgan fingerprint density at radius 2 is 2.39 bits per heavy atom. The molecule has 1 saturated heterocycles. The number of halogens is 1. The lowest BCUT2D eigenvalue weighted by molar-refractivity contribution is 0.265. The van der Waals surface area contributed by atoms with Crippen LogP contribution in [0.25, 0.3) is 5.65 Å². The molecule has 1 atom stereocenters. The minimum Gasteiger partial charge on any atom is -0.306 e. The van der Waals surface area contributed by atoms with Crippen LogP contribution in [-0.2, 0) is 6.42 Å². The second-order valence-corrected chi connectivity index (χ2v) is 5.36. The predicted molar refractivity (Wildman–Crippen MR) is 74.2 cm³/mol. The van der Waals surface area contributed by atoms with Crippen molar-refractivity contribution in [2.24, 2.45) is 0 Å². The predicted octanol–water partition coefficient (Wildman–Crippen LogP) is 3.01. The van der Waals surface area contributed by atoms with Crippen molar-refractivity contribution in [3.63, 3.8) is 0 Å². The Morgan fingerprint density at radius 3 is 3.17 bits per heavy atom. The van der Waals surface area contributed by atoms with Gasteiger partial charge in [0.15, 0.2) is 5.65 Å². The Bertz CT molecular complexity index is 549. The molecule has 0 aliphatic carbocycles. The van der Waals surface area contributed by atoms with Crippen molar-refractivity contribution in [2.45, 2.75) is 32.2 Å². The summed E-state index contributed by atoms with van der Waals surface area (Å²) in [6, 6.07) is 4.50. The van der Waals surface area contributed by atoms with Crippen LogP contribution in [0.2, 0.25) is 5.02 Å². The van der Waals surface area contributed by atoms with E-state index in [1.54, 1.807) is 0 Å². The molecule has 96 valence electrons. The van der Waals surface area contributed by atoms with Gasteiger partial charge in [0.05, 0.1) is 10.7 Å². The van der Waals surface area contributed by atoms with Crippen LogP contribution < -0.4 is 0 Å². The molecule has 1 aliphatic rings. The standard InChI is InChI=1S/C14H18ClN3/c1-2-17-7-3-5-12(17)9-11-10-18-8-4-6-13(15)14(18)16-11/h4,6,8,10,12H,2-3,5,7,9H2,1H3. The fourth-order valence-corrected chi connectivity index (χ4v) is 3.12. The molecule has 0 bridgehead atoms. The first-order valence-corrected chi connectivity index (χ1v) is 7.02. The van der Waals surface area contributed by atoms with E-state index < -0.39 is 0 Å². The van der Waals surface area contributed by atoms with E-state index in [2.05, 4.69) is 23.0 Å². The molecule has 0 radical (unpaired) electrons. The summed E-state index contributed by atoms with van der Waals surface area (Å²) in [5, 5.41) is 0.725. The molecule has 0 spiro atoms. The number of imidazole rings is 1. The molecule has 1 aliphatic heterocycles. The number of hydrogen-bond acceptors (Lipinski definition) is 2. The third-order valence-corrected chi connectivity index (χ3v) is 4.13. The molecule has 0 amide bonds. The van der Waals surface area contributed by atoms with E-state index >= 15 is 0 Å². The summed E-state index contributed by atoms with van der Waals surface area (Å²) in [6.45, 7) is 4.60. The van der Waals surface area contributed by atoms with Gasteiger partial charge in [-0.05, 0) is 38.1 Å². The number of fused-ring (bicyclic) bond motifs is 1. The van der Waals surface area contributed by atoms with Crippen LogP contribution in [-0.4, -0.2) is 33.4 Å². The van der Waals surface area contributed by atoms with Crippen molar-refractivity contribution >= 4 is 17.2 Å². The third-order valence-electron chi connectivity index (χ3n) is 3.84. The zero-order chi connectivity index (χ0) is 12.5. The number of aromatic nitrogens is 2. The molecule has 2 aromatic rings. The second-order valence-electron chi connectivity index (χ2n) is 4.95. The molecule has 2 aromatic heterocycles. The smallest absolute Gasteiger partial charge is 0.155 e. The van der Waals surface area contributed by atoms with Gasteiger partial charge in [0.25, 0.3) is 0 Å². The molecule has 1 fully saturated rings. The van der Waals surface area contributed by atoms with Gasteiger partial charge in [-0.25, -0.2) is 4.98 Å². The molecule has 0 N–H and O–H groups in total. The van der Waals surface area contributed by atoms with Crippen molar-refractivity contribution < 1.29 is 0 Å². The summed E-state index contributed by atoms with van der Waals surface area (Å²) in [6.07, 6.45) is 7.74. The van der Waals surface area contributed by atoms with E-state index in [-0.39, 0.29) is 0 Å². The molecule has 4 heteroatoms. The van der Waals surface area contributed by atoms with Crippen LogP contribution >= 0.6 is 11.6 Å². The quantitative estimate of drug-likeness (QED) is 0.849. The van der Waals surface area contributed by atoms with Crippen molar-refractivity contribution in [3.05, 3.63) is 35.2 Å². The maximum absolute atomic E-state index is 6.15. The minimum atomic E-state index is 0.652. The van der Waals surface area contributed by atoms with Crippen molar-refractivity contribution in [1.82, 2.24) is 14.3 Å². The van der Waals surface area contributed by atoms with Crippen molar-refractivity contribution in [1.29, 1.82) is 0 Å². The Hall–Kier alpha value is -1.06. The van der Waals surface area contributed by atoms with Crippen LogP contribution in [0, 0.1) is 0 Å². The van der Waals surface area contributed by atoms with Crippen molar-refractivity contribution in [3.8, 4) is 0 Å². The number of rotatable bonds is 3. The topological polar surface area (TPSA) is 20.5 Å². The molecule has 3 heterocycles. The zero-order valence-corrected chi connectivity index (χ0v) is 11.4. The fourth-order valence-electron chi connectivity index (χ4n) is 2.91. The largest absolute Gasteiger partial charge is 0.306 e. The molecular formula is C14H18ClN3. The molecule has 3 nitrogen and oxygen atoms in total. The second kappa shape index (κ2) is 4.90.